The fourth-order valence-corrected chi connectivity index (χ4v) is 2.49. The Morgan fingerprint density at radius 1 is 1.39 bits per heavy atom. The molecule has 100 valence electrons. The maximum atomic E-state index is 6.02. The molecule has 0 aliphatic carbocycles. The molecule has 1 fully saturated rings. The summed E-state index contributed by atoms with van der Waals surface area (Å²) in [6.07, 6.45) is 0.270. The maximum absolute atomic E-state index is 6.02. The Kier molecular flexibility index (Phi) is 5.27. The highest BCUT2D eigenvalue weighted by atomic mass is 35.5. The molecule has 3 nitrogen and oxygen atoms in total. The van der Waals surface area contributed by atoms with E-state index in [0.717, 1.165) is 32.8 Å². The van der Waals surface area contributed by atoms with Gasteiger partial charge in [0.2, 0.25) is 0 Å². The second-order valence-electron chi connectivity index (χ2n) is 4.53. The molecule has 1 N–H and O–H groups in total. The van der Waals surface area contributed by atoms with E-state index >= 15 is 0 Å². The van der Waals surface area contributed by atoms with Crippen molar-refractivity contribution in [2.45, 2.75) is 12.6 Å². The smallest absolute Gasteiger partial charge is 0.0826 e. The molecule has 1 aliphatic heterocycles. The van der Waals surface area contributed by atoms with Crippen LogP contribution >= 0.6 is 23.2 Å². The lowest BCUT2D eigenvalue weighted by molar-refractivity contribution is -0.0291. The molecule has 1 heterocycles. The standard InChI is InChI=1S/C13H18Cl2N2O/c1-16-7-11-9-17(4-5-18-11)8-10-2-3-12(14)13(15)6-10/h2-3,6,11,16H,4-5,7-9H2,1H3/t11-/m0/s1. The largest absolute Gasteiger partial charge is 0.374 e. The van der Waals surface area contributed by atoms with Crippen LogP contribution in [0.4, 0.5) is 0 Å². The molecule has 0 spiro atoms. The molecule has 0 radical (unpaired) electrons. The van der Waals surface area contributed by atoms with Crippen LogP contribution in [0, 0.1) is 0 Å². The number of hydrogen-bond acceptors (Lipinski definition) is 3. The number of halogens is 2. The zero-order chi connectivity index (χ0) is 13.0. The van der Waals surface area contributed by atoms with Gasteiger partial charge in [0.25, 0.3) is 0 Å². The van der Waals surface area contributed by atoms with Gasteiger partial charge in [-0.2, -0.15) is 0 Å². The van der Waals surface area contributed by atoms with Crippen molar-refractivity contribution in [2.75, 3.05) is 33.3 Å². The van der Waals surface area contributed by atoms with E-state index in [1.807, 2.05) is 25.2 Å². The van der Waals surface area contributed by atoms with Crippen LogP contribution < -0.4 is 5.32 Å². The molecule has 0 unspecified atom stereocenters. The van der Waals surface area contributed by atoms with E-state index in [1.54, 1.807) is 0 Å². The molecule has 1 saturated heterocycles. The van der Waals surface area contributed by atoms with Crippen molar-refractivity contribution in [3.8, 4) is 0 Å². The van der Waals surface area contributed by atoms with Crippen LogP contribution in [-0.4, -0.2) is 44.3 Å². The van der Waals surface area contributed by atoms with Gasteiger partial charge >= 0.3 is 0 Å². The summed E-state index contributed by atoms with van der Waals surface area (Å²) in [5, 5.41) is 4.37. The number of hydrogen-bond donors (Lipinski definition) is 1. The van der Waals surface area contributed by atoms with E-state index in [0.29, 0.717) is 10.0 Å². The molecule has 1 atom stereocenters. The van der Waals surface area contributed by atoms with Gasteiger partial charge in [-0.05, 0) is 24.7 Å². The van der Waals surface area contributed by atoms with Gasteiger partial charge in [0.15, 0.2) is 0 Å². The second-order valence-corrected chi connectivity index (χ2v) is 5.35. The quantitative estimate of drug-likeness (QED) is 0.921. The van der Waals surface area contributed by atoms with Crippen molar-refractivity contribution in [3.05, 3.63) is 33.8 Å². The summed E-state index contributed by atoms with van der Waals surface area (Å²) in [6.45, 7) is 4.47. The van der Waals surface area contributed by atoms with Gasteiger partial charge in [0.1, 0.15) is 0 Å². The first-order valence-corrected chi connectivity index (χ1v) is 6.87. The number of nitrogens with zero attached hydrogens (tertiary/aromatic N) is 1. The molecule has 1 aromatic rings. The van der Waals surface area contributed by atoms with Crippen molar-refractivity contribution < 1.29 is 4.74 Å². The fourth-order valence-electron chi connectivity index (χ4n) is 2.17. The van der Waals surface area contributed by atoms with Gasteiger partial charge in [0, 0.05) is 26.2 Å². The van der Waals surface area contributed by atoms with E-state index in [9.17, 15) is 0 Å². The Morgan fingerprint density at radius 2 is 2.22 bits per heavy atom. The van der Waals surface area contributed by atoms with Crippen molar-refractivity contribution in [2.24, 2.45) is 0 Å². The first-order chi connectivity index (χ1) is 8.69. The minimum Gasteiger partial charge on any atom is -0.374 e. The normalized spacial score (nSPS) is 21.2. The molecule has 18 heavy (non-hydrogen) atoms. The highest BCUT2D eigenvalue weighted by Crippen LogP contribution is 2.23. The summed E-state index contributed by atoms with van der Waals surface area (Å²) in [5.41, 5.74) is 1.19. The predicted molar refractivity (Wildman–Crippen MR) is 75.4 cm³/mol. The minimum absolute atomic E-state index is 0.270. The molecule has 0 bridgehead atoms. The summed E-state index contributed by atoms with van der Waals surface area (Å²) in [4.78, 5) is 2.38. The van der Waals surface area contributed by atoms with Gasteiger partial charge in [-0.25, -0.2) is 0 Å². The fraction of sp³-hybridized carbons (Fsp3) is 0.538. The van der Waals surface area contributed by atoms with E-state index in [1.165, 1.54) is 5.56 Å². The number of ether oxygens (including phenoxy) is 1. The Morgan fingerprint density at radius 3 is 2.94 bits per heavy atom. The second kappa shape index (κ2) is 6.73. The number of rotatable bonds is 4. The van der Waals surface area contributed by atoms with Gasteiger partial charge in [0.05, 0.1) is 22.8 Å². The third-order valence-electron chi connectivity index (χ3n) is 3.04. The molecular weight excluding hydrogens is 271 g/mol. The van der Waals surface area contributed by atoms with Crippen molar-refractivity contribution in [1.29, 1.82) is 0 Å². The summed E-state index contributed by atoms with van der Waals surface area (Å²) in [7, 11) is 1.95. The molecule has 2 rings (SSSR count). The third-order valence-corrected chi connectivity index (χ3v) is 3.78. The van der Waals surface area contributed by atoms with E-state index < -0.39 is 0 Å². The van der Waals surface area contributed by atoms with Crippen LogP contribution in [0.15, 0.2) is 18.2 Å². The number of benzene rings is 1. The summed E-state index contributed by atoms with van der Waals surface area (Å²) in [5.74, 6) is 0. The first-order valence-electron chi connectivity index (χ1n) is 6.11. The van der Waals surface area contributed by atoms with Gasteiger partial charge < -0.3 is 10.1 Å². The highest BCUT2D eigenvalue weighted by Gasteiger charge is 2.19. The van der Waals surface area contributed by atoms with Crippen LogP contribution in [0.3, 0.4) is 0 Å². The minimum atomic E-state index is 0.270. The van der Waals surface area contributed by atoms with E-state index in [-0.39, 0.29) is 6.10 Å². The summed E-state index contributed by atoms with van der Waals surface area (Å²) >= 11 is 11.9. The molecule has 5 heteroatoms. The Hall–Kier alpha value is -0.320. The van der Waals surface area contributed by atoms with E-state index in [2.05, 4.69) is 10.2 Å². The molecule has 1 aliphatic rings. The van der Waals surface area contributed by atoms with Crippen LogP contribution in [0.1, 0.15) is 5.56 Å². The highest BCUT2D eigenvalue weighted by molar-refractivity contribution is 6.42. The molecule has 0 aromatic heterocycles. The van der Waals surface area contributed by atoms with Gasteiger partial charge in [-0.15, -0.1) is 0 Å². The van der Waals surface area contributed by atoms with Crippen LogP contribution in [0.25, 0.3) is 0 Å². The maximum Gasteiger partial charge on any atom is 0.0826 e. The third kappa shape index (κ3) is 3.84. The first kappa shape index (κ1) is 14.1. The van der Waals surface area contributed by atoms with Crippen LogP contribution in [0.2, 0.25) is 10.0 Å². The predicted octanol–water partition coefficient (Wildman–Crippen LogP) is 2.41. The van der Waals surface area contributed by atoms with Crippen LogP contribution in [-0.2, 0) is 11.3 Å². The van der Waals surface area contributed by atoms with Gasteiger partial charge in [-0.1, -0.05) is 29.3 Å². The molecular formula is C13H18Cl2N2O. The lowest BCUT2D eigenvalue weighted by atomic mass is 10.2. The van der Waals surface area contributed by atoms with Crippen molar-refractivity contribution in [3.63, 3.8) is 0 Å². The lowest BCUT2D eigenvalue weighted by Crippen LogP contribution is -2.45. The number of morpholine rings is 1. The van der Waals surface area contributed by atoms with Crippen molar-refractivity contribution in [1.82, 2.24) is 10.2 Å². The number of nitrogens with one attached hydrogen (secondary N) is 1. The molecule has 0 amide bonds. The Labute approximate surface area is 118 Å². The summed E-state index contributed by atoms with van der Waals surface area (Å²) in [6, 6.07) is 5.81. The van der Waals surface area contributed by atoms with Crippen LogP contribution in [0.5, 0.6) is 0 Å². The van der Waals surface area contributed by atoms with Gasteiger partial charge in [-0.3, -0.25) is 4.90 Å². The van der Waals surface area contributed by atoms with E-state index in [4.69, 9.17) is 27.9 Å². The average molecular weight is 289 g/mol. The Balaban J connectivity index is 1.93. The zero-order valence-electron chi connectivity index (χ0n) is 10.5. The molecule has 0 saturated carbocycles. The monoisotopic (exact) mass is 288 g/mol. The molecule has 1 aromatic carbocycles. The lowest BCUT2D eigenvalue weighted by Gasteiger charge is -2.32. The number of likely N-dealkylation sites (N-methyl/N-ethyl adjacent to an activating group) is 1. The zero-order valence-corrected chi connectivity index (χ0v) is 12.0. The summed E-state index contributed by atoms with van der Waals surface area (Å²) < 4.78 is 5.68. The Bertz CT molecular complexity index is 399. The van der Waals surface area contributed by atoms with Crippen molar-refractivity contribution >= 4 is 23.2 Å². The average Bonchev–Trinajstić information content (AvgIpc) is 2.35. The topological polar surface area (TPSA) is 24.5 Å². The SMILES string of the molecule is CNC[C@H]1CN(Cc2ccc(Cl)c(Cl)c2)CCO1.